The number of benzene rings is 2. The molecule has 0 radical (unpaired) electrons. The number of fused-ring (bicyclic) bond motifs is 3. The van der Waals surface area contributed by atoms with Crippen LogP contribution >= 0.6 is 11.3 Å². The van der Waals surface area contributed by atoms with Crippen LogP contribution in [0.4, 0.5) is 0 Å². The molecule has 0 aliphatic rings. The minimum absolute atomic E-state index is 0.597. The highest BCUT2D eigenvalue weighted by Crippen LogP contribution is 2.38. The van der Waals surface area contributed by atoms with Gasteiger partial charge in [-0.05, 0) is 29.8 Å². The van der Waals surface area contributed by atoms with Crippen LogP contribution in [0.2, 0.25) is 0 Å². The maximum atomic E-state index is 12.0. The zero-order valence-corrected chi connectivity index (χ0v) is 15.1. The first-order chi connectivity index (χ1) is 12.8. The fraction of sp³-hybridized carbons (Fsp3) is 0.100. The number of para-hydroxylation sites is 1. The lowest BCUT2D eigenvalue weighted by Gasteiger charge is -2.05. The Morgan fingerprint density at radius 2 is 1.85 bits per heavy atom. The van der Waals surface area contributed by atoms with Gasteiger partial charge in [-0.2, -0.15) is 0 Å². The minimum Gasteiger partial charge on any atom is -0.497 e. The second-order valence-electron chi connectivity index (χ2n) is 5.65. The smallest absolute Gasteiger partial charge is 0.167 e. The number of nitrogens with zero attached hydrogens (tertiary/aromatic N) is 2. The Balaban J connectivity index is 2.09. The van der Waals surface area contributed by atoms with E-state index in [-0.39, 0.29) is 0 Å². The molecule has 0 unspecified atom stereocenters. The fourth-order valence-corrected chi connectivity index (χ4v) is 4.33. The molecule has 2 heterocycles. The van der Waals surface area contributed by atoms with Crippen LogP contribution in [0.25, 0.3) is 26.2 Å². The second-order valence-corrected chi connectivity index (χ2v) is 6.68. The molecule has 4 aromatic rings. The van der Waals surface area contributed by atoms with Gasteiger partial charge in [0.1, 0.15) is 17.7 Å². The minimum atomic E-state index is 0.597. The highest BCUT2D eigenvalue weighted by Gasteiger charge is 2.22. The summed E-state index contributed by atoms with van der Waals surface area (Å²) in [6.07, 6.45) is 2.56. The monoisotopic (exact) mass is 364 g/mol. The highest BCUT2D eigenvalue weighted by molar-refractivity contribution is 7.24. The summed E-state index contributed by atoms with van der Waals surface area (Å²) in [6, 6.07) is 15.7. The number of aldehydes is 1. The quantitative estimate of drug-likeness (QED) is 0.295. The number of hydrogen-bond donors (Lipinski definition) is 0. The third-order valence-corrected chi connectivity index (χ3v) is 5.45. The molecule has 6 heteroatoms. The zero-order chi connectivity index (χ0) is 18.1. The van der Waals surface area contributed by atoms with Crippen molar-refractivity contribution < 1.29 is 14.4 Å². The van der Waals surface area contributed by atoms with Crippen LogP contribution in [0.3, 0.4) is 0 Å². The average Bonchev–Trinajstić information content (AvgIpc) is 3.20. The number of methoxy groups -OCH3 is 1. The molecule has 0 aliphatic heterocycles. The van der Waals surface area contributed by atoms with Gasteiger partial charge in [0.15, 0.2) is 6.29 Å². The topological polar surface area (TPSA) is 52.3 Å². The molecule has 0 fully saturated rings. The number of thiazole rings is 1. The van der Waals surface area contributed by atoms with Crippen molar-refractivity contribution in [2.24, 2.45) is 5.16 Å². The van der Waals surface area contributed by atoms with Crippen LogP contribution in [0.5, 0.6) is 5.75 Å². The molecule has 0 saturated heterocycles. The van der Waals surface area contributed by atoms with Crippen LogP contribution in [0.15, 0.2) is 53.7 Å². The predicted octanol–water partition coefficient (Wildman–Crippen LogP) is 4.62. The molecule has 5 nitrogen and oxygen atoms in total. The van der Waals surface area contributed by atoms with Crippen molar-refractivity contribution in [2.75, 3.05) is 14.2 Å². The Morgan fingerprint density at radius 1 is 1.08 bits per heavy atom. The third kappa shape index (κ3) is 2.46. The largest absolute Gasteiger partial charge is 0.497 e. The summed E-state index contributed by atoms with van der Waals surface area (Å²) in [6.45, 7) is 0. The van der Waals surface area contributed by atoms with Crippen molar-refractivity contribution in [1.29, 1.82) is 0 Å². The summed E-state index contributed by atoms with van der Waals surface area (Å²) < 4.78 is 8.34. The molecule has 2 aromatic heterocycles. The van der Waals surface area contributed by atoms with Gasteiger partial charge >= 0.3 is 0 Å². The standard InChI is InChI=1S/C20H16N2O3S/c1-24-14-9-7-13(8-10-14)19-15(11-21-25-2)20-22(17(19)12-23)16-5-3-4-6-18(16)26-20/h3-12H,1-2H3/b21-11+. The van der Waals surface area contributed by atoms with E-state index in [1.807, 2.05) is 52.9 Å². The maximum absolute atomic E-state index is 12.0. The molecular formula is C20H16N2O3S. The van der Waals surface area contributed by atoms with E-state index in [4.69, 9.17) is 9.57 Å². The first kappa shape index (κ1) is 16.4. The SMILES string of the molecule is CO/N=C/c1c(-c2ccc(OC)cc2)c(C=O)n2c1sc1ccccc12. The van der Waals surface area contributed by atoms with Gasteiger partial charge in [-0.3, -0.25) is 9.20 Å². The first-order valence-corrected chi connectivity index (χ1v) is 8.82. The molecule has 0 saturated carbocycles. The Kier molecular flexibility index (Phi) is 4.18. The van der Waals surface area contributed by atoms with Crippen molar-refractivity contribution in [3.63, 3.8) is 0 Å². The summed E-state index contributed by atoms with van der Waals surface area (Å²) in [5.74, 6) is 0.764. The first-order valence-electron chi connectivity index (χ1n) is 8.00. The van der Waals surface area contributed by atoms with E-state index >= 15 is 0 Å². The predicted molar refractivity (Wildman–Crippen MR) is 105 cm³/mol. The van der Waals surface area contributed by atoms with Gasteiger partial charge in [0.25, 0.3) is 0 Å². The van der Waals surface area contributed by atoms with E-state index in [9.17, 15) is 4.79 Å². The fourth-order valence-electron chi connectivity index (χ4n) is 3.16. The summed E-state index contributed by atoms with van der Waals surface area (Å²) in [5.41, 5.74) is 4.22. The number of oxime groups is 1. The van der Waals surface area contributed by atoms with E-state index in [2.05, 4.69) is 5.16 Å². The average molecular weight is 364 g/mol. The number of hydrogen-bond acceptors (Lipinski definition) is 5. The number of carbonyl (C=O) groups excluding carboxylic acids is 1. The molecule has 0 aliphatic carbocycles. The third-order valence-electron chi connectivity index (χ3n) is 4.29. The second kappa shape index (κ2) is 6.65. The molecule has 26 heavy (non-hydrogen) atoms. The zero-order valence-electron chi connectivity index (χ0n) is 14.3. The van der Waals surface area contributed by atoms with Crippen LogP contribution in [0.1, 0.15) is 16.1 Å². The van der Waals surface area contributed by atoms with Crippen LogP contribution in [0, 0.1) is 0 Å². The number of aromatic nitrogens is 1. The van der Waals surface area contributed by atoms with Gasteiger partial charge in [0.2, 0.25) is 0 Å². The molecule has 2 aromatic carbocycles. The Hall–Kier alpha value is -3.12. The lowest BCUT2D eigenvalue weighted by atomic mass is 10.0. The molecule has 0 N–H and O–H groups in total. The lowest BCUT2D eigenvalue weighted by molar-refractivity contribution is 0.111. The Labute approximate surface area is 154 Å². The normalized spacial score (nSPS) is 11.5. The summed E-state index contributed by atoms with van der Waals surface area (Å²) in [7, 11) is 3.13. The van der Waals surface area contributed by atoms with Gasteiger partial charge < -0.3 is 9.57 Å². The highest BCUT2D eigenvalue weighted by atomic mass is 32.1. The van der Waals surface area contributed by atoms with Gasteiger partial charge in [-0.1, -0.05) is 29.4 Å². The van der Waals surface area contributed by atoms with E-state index in [0.29, 0.717) is 5.69 Å². The Morgan fingerprint density at radius 3 is 2.54 bits per heavy atom. The van der Waals surface area contributed by atoms with Crippen molar-refractivity contribution in [2.45, 2.75) is 0 Å². The van der Waals surface area contributed by atoms with Gasteiger partial charge in [-0.25, -0.2) is 0 Å². The Bertz CT molecular complexity index is 1120. The molecule has 0 spiro atoms. The van der Waals surface area contributed by atoms with Gasteiger partial charge in [0.05, 0.1) is 29.2 Å². The lowest BCUT2D eigenvalue weighted by Crippen LogP contribution is -1.92. The van der Waals surface area contributed by atoms with E-state index in [1.165, 1.54) is 7.11 Å². The van der Waals surface area contributed by atoms with E-state index < -0.39 is 0 Å². The summed E-state index contributed by atoms with van der Waals surface area (Å²) in [4.78, 5) is 17.9. The number of rotatable bonds is 5. The van der Waals surface area contributed by atoms with Crippen LogP contribution < -0.4 is 4.74 Å². The molecule has 0 atom stereocenters. The number of carbonyl (C=O) groups is 1. The molecule has 0 amide bonds. The van der Waals surface area contributed by atoms with Crippen molar-refractivity contribution >= 4 is 38.9 Å². The van der Waals surface area contributed by atoms with Crippen molar-refractivity contribution in [3.05, 3.63) is 59.8 Å². The van der Waals surface area contributed by atoms with Crippen LogP contribution in [-0.2, 0) is 4.84 Å². The summed E-state index contributed by atoms with van der Waals surface area (Å²) >= 11 is 1.62. The molecular weight excluding hydrogens is 348 g/mol. The van der Waals surface area contributed by atoms with Gasteiger partial charge in [0, 0.05) is 11.1 Å². The van der Waals surface area contributed by atoms with E-state index in [0.717, 1.165) is 43.8 Å². The molecule has 130 valence electrons. The van der Waals surface area contributed by atoms with Crippen molar-refractivity contribution in [3.8, 4) is 16.9 Å². The molecule has 0 bridgehead atoms. The van der Waals surface area contributed by atoms with Gasteiger partial charge in [-0.15, -0.1) is 11.3 Å². The van der Waals surface area contributed by atoms with Crippen LogP contribution in [-0.4, -0.2) is 31.1 Å². The summed E-state index contributed by atoms with van der Waals surface area (Å²) in [5, 5.41) is 3.96. The molecule has 4 rings (SSSR count). The van der Waals surface area contributed by atoms with Crippen molar-refractivity contribution in [1.82, 2.24) is 4.40 Å². The number of ether oxygens (including phenoxy) is 1. The van der Waals surface area contributed by atoms with E-state index in [1.54, 1.807) is 24.7 Å². The maximum Gasteiger partial charge on any atom is 0.167 e.